The number of amides is 1. The Bertz CT molecular complexity index is 245. The van der Waals surface area contributed by atoms with Crippen molar-refractivity contribution in [1.29, 1.82) is 0 Å². The van der Waals surface area contributed by atoms with Crippen molar-refractivity contribution in [2.24, 2.45) is 11.7 Å². The fourth-order valence-electron chi connectivity index (χ4n) is 2.96. The molecule has 3 unspecified atom stereocenters. The molecule has 0 radical (unpaired) electrons. The summed E-state index contributed by atoms with van der Waals surface area (Å²) in [5, 5.41) is 2.66. The van der Waals surface area contributed by atoms with Crippen LogP contribution >= 0.6 is 0 Å². The van der Waals surface area contributed by atoms with Crippen LogP contribution in [0.25, 0.3) is 0 Å². The molecule has 0 saturated carbocycles. The minimum atomic E-state index is 0.132. The van der Waals surface area contributed by atoms with Gasteiger partial charge in [-0.25, -0.2) is 0 Å². The lowest BCUT2D eigenvalue weighted by Crippen LogP contribution is -2.51. The van der Waals surface area contributed by atoms with Crippen molar-refractivity contribution in [3.63, 3.8) is 0 Å². The first-order valence-corrected chi connectivity index (χ1v) is 6.74. The standard InChI is InChI=1S/C13H27N3O/c1-10-7-11(2)16(12(8-10)9-14)6-4-5-13(17)15-3/h10-12H,4-9,14H2,1-3H3,(H,15,17). The zero-order valence-electron chi connectivity index (χ0n) is 11.4. The molecule has 1 saturated heterocycles. The Balaban J connectivity index is 2.40. The molecule has 0 aromatic rings. The van der Waals surface area contributed by atoms with Gasteiger partial charge >= 0.3 is 0 Å². The average molecular weight is 241 g/mol. The highest BCUT2D eigenvalue weighted by Gasteiger charge is 2.29. The van der Waals surface area contributed by atoms with Gasteiger partial charge in [-0.05, 0) is 38.6 Å². The Hall–Kier alpha value is -0.610. The van der Waals surface area contributed by atoms with Gasteiger partial charge in [-0.2, -0.15) is 0 Å². The predicted molar refractivity (Wildman–Crippen MR) is 70.7 cm³/mol. The molecule has 1 rings (SSSR count). The Labute approximate surface area is 105 Å². The van der Waals surface area contributed by atoms with Gasteiger partial charge in [0, 0.05) is 32.1 Å². The Morgan fingerprint density at radius 1 is 1.41 bits per heavy atom. The monoisotopic (exact) mass is 241 g/mol. The van der Waals surface area contributed by atoms with Crippen molar-refractivity contribution in [2.75, 3.05) is 20.1 Å². The Kier molecular flexibility index (Phi) is 5.92. The zero-order chi connectivity index (χ0) is 12.8. The van der Waals surface area contributed by atoms with Crippen LogP contribution < -0.4 is 11.1 Å². The minimum Gasteiger partial charge on any atom is -0.359 e. The third-order valence-corrected chi connectivity index (χ3v) is 3.82. The fraction of sp³-hybridized carbons (Fsp3) is 0.923. The maximum Gasteiger partial charge on any atom is 0.219 e. The lowest BCUT2D eigenvalue weighted by Gasteiger charge is -2.43. The zero-order valence-corrected chi connectivity index (χ0v) is 11.4. The van der Waals surface area contributed by atoms with Crippen LogP contribution in [0.5, 0.6) is 0 Å². The first-order chi connectivity index (χ1) is 8.08. The largest absolute Gasteiger partial charge is 0.359 e. The molecule has 1 aliphatic heterocycles. The van der Waals surface area contributed by atoms with Gasteiger partial charge in [0.15, 0.2) is 0 Å². The highest BCUT2D eigenvalue weighted by atomic mass is 16.1. The predicted octanol–water partition coefficient (Wildman–Crippen LogP) is 0.960. The summed E-state index contributed by atoms with van der Waals surface area (Å²) in [5.41, 5.74) is 5.85. The normalized spacial score (nSPS) is 30.2. The van der Waals surface area contributed by atoms with E-state index < -0.39 is 0 Å². The molecule has 3 N–H and O–H groups in total. The SMILES string of the molecule is CNC(=O)CCCN1C(C)CC(C)CC1CN. The van der Waals surface area contributed by atoms with Crippen molar-refractivity contribution in [3.05, 3.63) is 0 Å². The fourth-order valence-corrected chi connectivity index (χ4v) is 2.96. The second-order valence-corrected chi connectivity index (χ2v) is 5.33. The average Bonchev–Trinajstić information content (AvgIpc) is 2.30. The van der Waals surface area contributed by atoms with Gasteiger partial charge in [-0.1, -0.05) is 6.92 Å². The number of likely N-dealkylation sites (tertiary alicyclic amines) is 1. The number of hydrogen-bond donors (Lipinski definition) is 2. The van der Waals surface area contributed by atoms with Gasteiger partial charge in [0.2, 0.25) is 5.91 Å². The van der Waals surface area contributed by atoms with Crippen LogP contribution in [-0.2, 0) is 4.79 Å². The molecule has 0 spiro atoms. The van der Waals surface area contributed by atoms with E-state index in [1.807, 2.05) is 0 Å². The Morgan fingerprint density at radius 3 is 2.71 bits per heavy atom. The van der Waals surface area contributed by atoms with Gasteiger partial charge in [-0.15, -0.1) is 0 Å². The van der Waals surface area contributed by atoms with Crippen LogP contribution in [0.4, 0.5) is 0 Å². The van der Waals surface area contributed by atoms with Crippen LogP contribution in [0.15, 0.2) is 0 Å². The number of rotatable bonds is 5. The molecule has 1 heterocycles. The molecule has 1 aliphatic rings. The van der Waals surface area contributed by atoms with Gasteiger partial charge in [-0.3, -0.25) is 9.69 Å². The molecule has 0 aromatic heterocycles. The Morgan fingerprint density at radius 2 is 2.12 bits per heavy atom. The topological polar surface area (TPSA) is 58.4 Å². The van der Waals surface area contributed by atoms with E-state index in [2.05, 4.69) is 24.1 Å². The molecular weight excluding hydrogens is 214 g/mol. The second-order valence-electron chi connectivity index (χ2n) is 5.33. The first-order valence-electron chi connectivity index (χ1n) is 6.74. The minimum absolute atomic E-state index is 0.132. The van der Waals surface area contributed by atoms with Crippen LogP contribution in [0.1, 0.15) is 39.5 Å². The second kappa shape index (κ2) is 6.97. The smallest absolute Gasteiger partial charge is 0.219 e. The third-order valence-electron chi connectivity index (χ3n) is 3.82. The summed E-state index contributed by atoms with van der Waals surface area (Å²) in [7, 11) is 1.69. The van der Waals surface area contributed by atoms with Gasteiger partial charge in [0.25, 0.3) is 0 Å². The van der Waals surface area contributed by atoms with E-state index >= 15 is 0 Å². The number of hydrogen-bond acceptors (Lipinski definition) is 3. The summed E-state index contributed by atoms with van der Waals surface area (Å²) < 4.78 is 0. The van der Waals surface area contributed by atoms with Crippen molar-refractivity contribution < 1.29 is 4.79 Å². The number of nitrogens with zero attached hydrogens (tertiary/aromatic N) is 1. The van der Waals surface area contributed by atoms with Crippen molar-refractivity contribution in [1.82, 2.24) is 10.2 Å². The van der Waals surface area contributed by atoms with E-state index in [-0.39, 0.29) is 5.91 Å². The number of piperidine rings is 1. The van der Waals surface area contributed by atoms with Crippen molar-refractivity contribution in [2.45, 2.75) is 51.6 Å². The molecule has 0 aliphatic carbocycles. The molecule has 0 bridgehead atoms. The van der Waals surface area contributed by atoms with Crippen molar-refractivity contribution in [3.8, 4) is 0 Å². The maximum absolute atomic E-state index is 11.2. The number of carbonyl (C=O) groups excluding carboxylic acids is 1. The first kappa shape index (κ1) is 14.5. The molecule has 0 aromatic carbocycles. The number of nitrogens with two attached hydrogens (primary N) is 1. The van der Waals surface area contributed by atoms with Crippen molar-refractivity contribution >= 4 is 5.91 Å². The summed E-state index contributed by atoms with van der Waals surface area (Å²) in [6.07, 6.45) is 3.98. The summed E-state index contributed by atoms with van der Waals surface area (Å²) in [4.78, 5) is 13.7. The van der Waals surface area contributed by atoms with E-state index in [0.29, 0.717) is 18.5 Å². The van der Waals surface area contributed by atoms with Crippen LogP contribution in [0.2, 0.25) is 0 Å². The molecule has 17 heavy (non-hydrogen) atoms. The van der Waals surface area contributed by atoms with Gasteiger partial charge in [0.1, 0.15) is 0 Å². The lowest BCUT2D eigenvalue weighted by atomic mass is 9.87. The molecule has 1 amide bonds. The third kappa shape index (κ3) is 4.28. The lowest BCUT2D eigenvalue weighted by molar-refractivity contribution is -0.120. The van der Waals surface area contributed by atoms with Gasteiger partial charge < -0.3 is 11.1 Å². The molecule has 1 fully saturated rings. The molecule has 3 atom stereocenters. The number of carbonyl (C=O) groups is 1. The molecular formula is C13H27N3O. The van der Waals surface area contributed by atoms with Crippen LogP contribution in [0.3, 0.4) is 0 Å². The maximum atomic E-state index is 11.2. The van der Waals surface area contributed by atoms with E-state index in [1.54, 1.807) is 7.05 Å². The van der Waals surface area contributed by atoms with Crippen LogP contribution in [-0.4, -0.2) is 43.0 Å². The summed E-state index contributed by atoms with van der Waals surface area (Å²) in [5.74, 6) is 0.904. The highest BCUT2D eigenvalue weighted by molar-refractivity contribution is 5.75. The summed E-state index contributed by atoms with van der Waals surface area (Å²) >= 11 is 0. The summed E-state index contributed by atoms with van der Waals surface area (Å²) in [6, 6.07) is 1.09. The molecule has 4 heteroatoms. The molecule has 100 valence electrons. The van der Waals surface area contributed by atoms with E-state index in [0.717, 1.165) is 25.4 Å². The quantitative estimate of drug-likeness (QED) is 0.754. The van der Waals surface area contributed by atoms with E-state index in [1.165, 1.54) is 12.8 Å². The summed E-state index contributed by atoms with van der Waals surface area (Å²) in [6.45, 7) is 6.30. The molecule has 4 nitrogen and oxygen atoms in total. The van der Waals surface area contributed by atoms with Crippen LogP contribution in [0, 0.1) is 5.92 Å². The van der Waals surface area contributed by atoms with E-state index in [4.69, 9.17) is 5.73 Å². The van der Waals surface area contributed by atoms with E-state index in [9.17, 15) is 4.79 Å². The number of nitrogens with one attached hydrogen (secondary N) is 1. The van der Waals surface area contributed by atoms with Gasteiger partial charge in [0.05, 0.1) is 0 Å². The highest BCUT2D eigenvalue weighted by Crippen LogP contribution is 2.27.